The number of nitrogens with zero attached hydrogens (tertiary/aromatic N) is 1. The van der Waals surface area contributed by atoms with Gasteiger partial charge in [0, 0.05) is 22.9 Å². The highest BCUT2D eigenvalue weighted by atomic mass is 16.5. The zero-order valence-electron chi connectivity index (χ0n) is 15.6. The van der Waals surface area contributed by atoms with Gasteiger partial charge >= 0.3 is 0 Å². The summed E-state index contributed by atoms with van der Waals surface area (Å²) in [7, 11) is 1.49. The number of benzene rings is 3. The molecule has 0 radical (unpaired) electrons. The summed E-state index contributed by atoms with van der Waals surface area (Å²) < 4.78 is 10.7. The van der Waals surface area contributed by atoms with E-state index in [4.69, 9.17) is 9.15 Å². The summed E-state index contributed by atoms with van der Waals surface area (Å²) in [6.07, 6.45) is 1.54. The van der Waals surface area contributed by atoms with Crippen LogP contribution in [-0.4, -0.2) is 24.3 Å². The van der Waals surface area contributed by atoms with Crippen LogP contribution in [0, 0.1) is 0 Å². The first-order chi connectivity index (χ1) is 14.1. The van der Waals surface area contributed by atoms with E-state index in [2.05, 4.69) is 10.3 Å². The lowest BCUT2D eigenvalue weighted by atomic mass is 10.2. The van der Waals surface area contributed by atoms with Gasteiger partial charge in [0.25, 0.3) is 5.91 Å². The number of aliphatic imine (C=N–C) groups is 1. The van der Waals surface area contributed by atoms with Gasteiger partial charge in [-0.3, -0.25) is 9.79 Å². The van der Waals surface area contributed by atoms with E-state index in [0.29, 0.717) is 28.3 Å². The molecule has 0 spiro atoms. The van der Waals surface area contributed by atoms with Gasteiger partial charge in [0.1, 0.15) is 5.58 Å². The summed E-state index contributed by atoms with van der Waals surface area (Å²) in [6.45, 7) is 0. The number of hydrogen-bond acceptors (Lipinski definition) is 5. The molecule has 4 rings (SSSR count). The van der Waals surface area contributed by atoms with Gasteiger partial charge in [-0.1, -0.05) is 30.3 Å². The Kier molecular flexibility index (Phi) is 4.99. The second-order valence-electron chi connectivity index (χ2n) is 6.31. The largest absolute Gasteiger partial charge is 0.504 e. The zero-order chi connectivity index (χ0) is 20.2. The third kappa shape index (κ3) is 3.96. The van der Waals surface area contributed by atoms with Gasteiger partial charge in [-0.25, -0.2) is 0 Å². The number of ether oxygens (including phenoxy) is 1. The number of rotatable bonds is 5. The molecule has 1 amide bonds. The molecule has 1 aromatic heterocycles. The number of anilines is 1. The molecule has 144 valence electrons. The minimum Gasteiger partial charge on any atom is -0.504 e. The second-order valence-corrected chi connectivity index (χ2v) is 6.31. The number of furan rings is 1. The zero-order valence-corrected chi connectivity index (χ0v) is 15.6. The average Bonchev–Trinajstić information content (AvgIpc) is 3.18. The number of methoxy groups -OCH3 is 1. The first-order valence-corrected chi connectivity index (χ1v) is 8.94. The van der Waals surface area contributed by atoms with Crippen molar-refractivity contribution < 1.29 is 19.1 Å². The van der Waals surface area contributed by atoms with E-state index in [1.54, 1.807) is 48.5 Å². The van der Waals surface area contributed by atoms with Gasteiger partial charge < -0.3 is 19.6 Å². The Labute approximate surface area is 167 Å². The van der Waals surface area contributed by atoms with Crippen molar-refractivity contribution in [3.05, 3.63) is 84.1 Å². The Balaban J connectivity index is 1.52. The number of hydrogen-bond donors (Lipinski definition) is 2. The number of para-hydroxylation sites is 2. The summed E-state index contributed by atoms with van der Waals surface area (Å²) in [5, 5.41) is 13.8. The fourth-order valence-electron chi connectivity index (χ4n) is 2.90. The van der Waals surface area contributed by atoms with Crippen molar-refractivity contribution in [1.29, 1.82) is 0 Å². The van der Waals surface area contributed by atoms with Crippen LogP contribution in [0.25, 0.3) is 11.0 Å². The van der Waals surface area contributed by atoms with Crippen LogP contribution in [0.4, 0.5) is 11.4 Å². The monoisotopic (exact) mass is 386 g/mol. The van der Waals surface area contributed by atoms with Crippen molar-refractivity contribution >= 4 is 34.5 Å². The normalized spacial score (nSPS) is 11.1. The second kappa shape index (κ2) is 7.90. The highest BCUT2D eigenvalue weighted by Gasteiger charge is 2.12. The van der Waals surface area contributed by atoms with Crippen LogP contribution < -0.4 is 10.1 Å². The van der Waals surface area contributed by atoms with Crippen molar-refractivity contribution in [1.82, 2.24) is 0 Å². The summed E-state index contributed by atoms with van der Waals surface area (Å²) in [5.41, 5.74) is 2.39. The van der Waals surface area contributed by atoms with Gasteiger partial charge in [-0.2, -0.15) is 0 Å². The van der Waals surface area contributed by atoms with Crippen molar-refractivity contribution in [2.24, 2.45) is 4.99 Å². The van der Waals surface area contributed by atoms with Gasteiger partial charge in [0.2, 0.25) is 0 Å². The molecular formula is C23H18N2O4. The summed E-state index contributed by atoms with van der Waals surface area (Å²) in [6, 6.07) is 21.4. The fourth-order valence-corrected chi connectivity index (χ4v) is 2.90. The lowest BCUT2D eigenvalue weighted by molar-refractivity contribution is 0.0998. The van der Waals surface area contributed by atoms with Crippen LogP contribution in [0.15, 0.2) is 82.2 Å². The smallest absolute Gasteiger partial charge is 0.291 e. The minimum atomic E-state index is -0.340. The van der Waals surface area contributed by atoms with E-state index >= 15 is 0 Å². The summed E-state index contributed by atoms with van der Waals surface area (Å²) in [4.78, 5) is 16.9. The maximum absolute atomic E-state index is 12.5. The molecule has 0 aliphatic carbocycles. The predicted octanol–water partition coefficient (Wildman–Crippen LogP) is 5.15. The quantitative estimate of drug-likeness (QED) is 0.465. The Morgan fingerprint density at radius 2 is 1.90 bits per heavy atom. The number of carbonyl (C=O) groups excluding carboxylic acids is 1. The number of carbonyl (C=O) groups is 1. The first kappa shape index (κ1) is 18.3. The molecule has 0 unspecified atom stereocenters. The lowest BCUT2D eigenvalue weighted by Crippen LogP contribution is -2.10. The summed E-state index contributed by atoms with van der Waals surface area (Å²) >= 11 is 0. The highest BCUT2D eigenvalue weighted by molar-refractivity contribution is 6.04. The Morgan fingerprint density at radius 3 is 2.72 bits per heavy atom. The molecule has 2 N–H and O–H groups in total. The highest BCUT2D eigenvalue weighted by Crippen LogP contribution is 2.29. The molecule has 0 bridgehead atoms. The Bertz CT molecular complexity index is 1180. The third-order valence-corrected chi connectivity index (χ3v) is 4.36. The van der Waals surface area contributed by atoms with Crippen LogP contribution in [0.1, 0.15) is 16.1 Å². The molecule has 0 atom stereocenters. The SMILES string of the molecule is COc1cccc(C=Nc2cccc(NC(=O)c3cc4ccccc4o3)c2)c1O. The number of fused-ring (bicyclic) bond motifs is 1. The number of phenols is 1. The van der Waals surface area contributed by atoms with Crippen molar-refractivity contribution in [2.75, 3.05) is 12.4 Å². The molecule has 3 aromatic carbocycles. The summed E-state index contributed by atoms with van der Waals surface area (Å²) in [5.74, 6) is 0.295. The number of phenolic OH excluding ortho intramolecular Hbond substituents is 1. The number of nitrogens with one attached hydrogen (secondary N) is 1. The van der Waals surface area contributed by atoms with Crippen LogP contribution in [0.2, 0.25) is 0 Å². The van der Waals surface area contributed by atoms with Crippen molar-refractivity contribution in [3.63, 3.8) is 0 Å². The van der Waals surface area contributed by atoms with E-state index in [-0.39, 0.29) is 17.4 Å². The molecule has 29 heavy (non-hydrogen) atoms. The van der Waals surface area contributed by atoms with Crippen LogP contribution in [-0.2, 0) is 0 Å². The Hall–Kier alpha value is -4.06. The van der Waals surface area contributed by atoms with Crippen LogP contribution in [0.3, 0.4) is 0 Å². The predicted molar refractivity (Wildman–Crippen MR) is 113 cm³/mol. The molecular weight excluding hydrogens is 368 g/mol. The number of amides is 1. The molecule has 0 saturated carbocycles. The average molecular weight is 386 g/mol. The topological polar surface area (TPSA) is 84.1 Å². The molecule has 6 nitrogen and oxygen atoms in total. The third-order valence-electron chi connectivity index (χ3n) is 4.36. The molecule has 6 heteroatoms. The Morgan fingerprint density at radius 1 is 1.07 bits per heavy atom. The maximum atomic E-state index is 12.5. The van der Waals surface area contributed by atoms with E-state index in [1.165, 1.54) is 13.3 Å². The fraction of sp³-hybridized carbons (Fsp3) is 0.0435. The lowest BCUT2D eigenvalue weighted by Gasteiger charge is -2.05. The first-order valence-electron chi connectivity index (χ1n) is 8.94. The van der Waals surface area contributed by atoms with Crippen LogP contribution in [0.5, 0.6) is 11.5 Å². The molecule has 1 heterocycles. The minimum absolute atomic E-state index is 0.0214. The van der Waals surface area contributed by atoms with E-state index in [9.17, 15) is 9.90 Å². The van der Waals surface area contributed by atoms with Crippen molar-refractivity contribution in [2.45, 2.75) is 0 Å². The van der Waals surface area contributed by atoms with Crippen LogP contribution >= 0.6 is 0 Å². The molecule has 0 aliphatic rings. The van der Waals surface area contributed by atoms with Gasteiger partial charge in [0.05, 0.1) is 12.8 Å². The molecule has 0 saturated heterocycles. The van der Waals surface area contributed by atoms with E-state index in [0.717, 1.165) is 5.39 Å². The molecule has 0 aliphatic heterocycles. The molecule has 4 aromatic rings. The standard InChI is InChI=1S/C23H18N2O4/c1-28-20-11-4-7-16(22(20)26)14-24-17-8-5-9-18(13-17)25-23(27)21-12-15-6-2-3-10-19(15)29-21/h2-14,26H,1H3,(H,25,27). The molecule has 0 fully saturated rings. The number of aromatic hydroxyl groups is 1. The van der Waals surface area contributed by atoms with Crippen molar-refractivity contribution in [3.8, 4) is 11.5 Å². The van der Waals surface area contributed by atoms with Gasteiger partial charge in [-0.15, -0.1) is 0 Å². The van der Waals surface area contributed by atoms with Gasteiger partial charge in [-0.05, 0) is 42.5 Å². The maximum Gasteiger partial charge on any atom is 0.291 e. The van der Waals surface area contributed by atoms with E-state index in [1.807, 2.05) is 24.3 Å². The van der Waals surface area contributed by atoms with E-state index < -0.39 is 0 Å². The van der Waals surface area contributed by atoms with Gasteiger partial charge in [0.15, 0.2) is 17.3 Å².